The van der Waals surface area contributed by atoms with Crippen LogP contribution in [0.3, 0.4) is 0 Å². The molecule has 2 amide bonds. The number of hydrogen-bond donors (Lipinski definition) is 3. The molecular formula is C39H46N4O6. The van der Waals surface area contributed by atoms with Crippen LogP contribution in [0.4, 0.5) is 0 Å². The largest absolute Gasteiger partial charge is 0.494 e. The normalized spacial score (nSPS) is 11.8. The van der Waals surface area contributed by atoms with Crippen LogP contribution in [0.2, 0.25) is 0 Å². The van der Waals surface area contributed by atoms with Crippen LogP contribution in [0.1, 0.15) is 67.9 Å². The Bertz CT molecular complexity index is 1650. The molecule has 0 bridgehead atoms. The lowest BCUT2D eigenvalue weighted by molar-refractivity contribution is -0.137. The quantitative estimate of drug-likeness (QED) is 0.113. The molecule has 3 aromatic carbocycles. The molecule has 0 saturated carbocycles. The number of aromatic nitrogens is 2. The van der Waals surface area contributed by atoms with Crippen molar-refractivity contribution in [1.29, 1.82) is 0 Å². The zero-order valence-corrected chi connectivity index (χ0v) is 28.7. The van der Waals surface area contributed by atoms with E-state index in [-0.39, 0.29) is 30.7 Å². The number of nitrogens with one attached hydrogen (secondary N) is 2. The average Bonchev–Trinajstić information content (AvgIpc) is 3.09. The summed E-state index contributed by atoms with van der Waals surface area (Å²) in [5.74, 6) is -0.490. The molecule has 258 valence electrons. The van der Waals surface area contributed by atoms with Gasteiger partial charge in [-0.3, -0.25) is 14.4 Å². The highest BCUT2D eigenvalue weighted by Crippen LogP contribution is 2.24. The highest BCUT2D eigenvalue weighted by atomic mass is 16.5. The van der Waals surface area contributed by atoms with Gasteiger partial charge in [0.1, 0.15) is 11.8 Å². The Morgan fingerprint density at radius 2 is 1.43 bits per heavy atom. The van der Waals surface area contributed by atoms with Gasteiger partial charge in [0.05, 0.1) is 13.0 Å². The summed E-state index contributed by atoms with van der Waals surface area (Å²) in [5.41, 5.74) is 4.93. The van der Waals surface area contributed by atoms with E-state index in [0.717, 1.165) is 59.4 Å². The number of aliphatic carboxylic acids is 1. The molecule has 4 rings (SSSR count). The Kier molecular flexibility index (Phi) is 13.4. The van der Waals surface area contributed by atoms with Gasteiger partial charge < -0.3 is 25.2 Å². The smallest absolute Gasteiger partial charge is 0.305 e. The summed E-state index contributed by atoms with van der Waals surface area (Å²) in [6.45, 7) is 7.68. The van der Waals surface area contributed by atoms with Crippen LogP contribution in [0.5, 0.6) is 5.75 Å². The zero-order valence-electron chi connectivity index (χ0n) is 28.7. The van der Waals surface area contributed by atoms with Crippen molar-refractivity contribution in [3.8, 4) is 28.3 Å². The minimum atomic E-state index is -1.02. The summed E-state index contributed by atoms with van der Waals surface area (Å²) in [5, 5.41) is 14.5. The van der Waals surface area contributed by atoms with Gasteiger partial charge in [-0.05, 0) is 65.6 Å². The highest BCUT2D eigenvalue weighted by Gasteiger charge is 2.23. The molecular weight excluding hydrogens is 620 g/mol. The van der Waals surface area contributed by atoms with E-state index in [0.29, 0.717) is 18.0 Å². The first-order valence-electron chi connectivity index (χ1n) is 16.6. The number of benzene rings is 3. The van der Waals surface area contributed by atoms with Crippen molar-refractivity contribution in [2.45, 2.75) is 64.3 Å². The highest BCUT2D eigenvalue weighted by molar-refractivity contribution is 5.97. The monoisotopic (exact) mass is 666 g/mol. The molecule has 1 atom stereocenters. The second kappa shape index (κ2) is 17.9. The number of methoxy groups -OCH3 is 1. The molecule has 0 spiro atoms. The number of amides is 2. The number of carbonyl (C=O) groups is 3. The van der Waals surface area contributed by atoms with Gasteiger partial charge in [0.25, 0.3) is 5.91 Å². The molecule has 0 fully saturated rings. The molecule has 0 aliphatic carbocycles. The van der Waals surface area contributed by atoms with Gasteiger partial charge in [0.15, 0.2) is 5.82 Å². The van der Waals surface area contributed by atoms with Gasteiger partial charge in [0, 0.05) is 55.8 Å². The van der Waals surface area contributed by atoms with Crippen LogP contribution in [0.15, 0.2) is 85.2 Å². The molecule has 4 aromatic rings. The van der Waals surface area contributed by atoms with E-state index < -0.39 is 17.9 Å². The van der Waals surface area contributed by atoms with E-state index in [1.165, 1.54) is 0 Å². The predicted molar refractivity (Wildman–Crippen MR) is 189 cm³/mol. The Labute approximate surface area is 288 Å². The number of unbranched alkanes of at least 4 members (excludes halogenated alkanes) is 2. The van der Waals surface area contributed by atoms with Gasteiger partial charge in [-0.25, -0.2) is 9.97 Å². The SMILES string of the molecule is COCCCCCOc1ccc(-c2cnc(-c3ccc(C[C@H](NC(=O)c4ccc(C(C)(C)C)cc4)C(=O)NCCC(=O)O)cc3)nc2)cc1. The van der Waals surface area contributed by atoms with Crippen molar-refractivity contribution in [3.05, 3.63) is 102 Å². The molecule has 0 aliphatic heterocycles. The first-order chi connectivity index (χ1) is 23.5. The van der Waals surface area contributed by atoms with Crippen molar-refractivity contribution in [2.75, 3.05) is 26.9 Å². The molecule has 1 heterocycles. The fourth-order valence-corrected chi connectivity index (χ4v) is 5.10. The summed E-state index contributed by atoms with van der Waals surface area (Å²) < 4.78 is 10.9. The number of carboxylic acid groups (broad SMARTS) is 1. The maximum atomic E-state index is 13.1. The number of hydrogen-bond acceptors (Lipinski definition) is 7. The molecule has 3 N–H and O–H groups in total. The minimum absolute atomic E-state index is 0.0410. The number of carbonyl (C=O) groups excluding carboxylic acids is 2. The number of ether oxygens (including phenoxy) is 2. The van der Waals surface area contributed by atoms with Gasteiger partial charge in [0.2, 0.25) is 5.91 Å². The van der Waals surface area contributed by atoms with E-state index >= 15 is 0 Å². The predicted octanol–water partition coefficient (Wildman–Crippen LogP) is 6.24. The van der Waals surface area contributed by atoms with E-state index in [2.05, 4.69) is 41.4 Å². The minimum Gasteiger partial charge on any atom is -0.494 e. The summed E-state index contributed by atoms with van der Waals surface area (Å²) in [4.78, 5) is 46.4. The summed E-state index contributed by atoms with van der Waals surface area (Å²) >= 11 is 0. The summed E-state index contributed by atoms with van der Waals surface area (Å²) in [6, 6.07) is 21.7. The second-order valence-corrected chi connectivity index (χ2v) is 12.9. The first-order valence-corrected chi connectivity index (χ1v) is 16.6. The van der Waals surface area contributed by atoms with Crippen molar-refractivity contribution >= 4 is 17.8 Å². The number of carboxylic acids is 1. The molecule has 0 saturated heterocycles. The molecule has 10 nitrogen and oxygen atoms in total. The maximum Gasteiger partial charge on any atom is 0.305 e. The molecule has 0 unspecified atom stereocenters. The zero-order chi connectivity index (χ0) is 35.2. The van der Waals surface area contributed by atoms with Crippen LogP contribution in [0, 0.1) is 0 Å². The second-order valence-electron chi connectivity index (χ2n) is 12.9. The van der Waals surface area contributed by atoms with Crippen molar-refractivity contribution in [1.82, 2.24) is 20.6 Å². The molecule has 0 aliphatic rings. The summed E-state index contributed by atoms with van der Waals surface area (Å²) in [6.07, 6.45) is 6.63. The van der Waals surface area contributed by atoms with Crippen molar-refractivity contribution in [3.63, 3.8) is 0 Å². The standard InChI is InChI=1S/C39H46N4O6/c1-39(2,3)32-16-12-30(13-17-32)37(46)43-34(38(47)40-21-20-35(44)45)24-27-8-10-29(11-9-27)36-41-25-31(26-42-36)28-14-18-33(19-15-28)49-23-7-5-6-22-48-4/h8-19,25-26,34H,5-7,20-24H2,1-4H3,(H,40,47)(H,43,46)(H,44,45)/t34-/m0/s1. The van der Waals surface area contributed by atoms with Gasteiger partial charge in [-0.15, -0.1) is 0 Å². The van der Waals surface area contributed by atoms with Crippen molar-refractivity contribution < 1.29 is 29.0 Å². The molecule has 1 aromatic heterocycles. The Balaban J connectivity index is 1.38. The van der Waals surface area contributed by atoms with Crippen molar-refractivity contribution in [2.24, 2.45) is 0 Å². The van der Waals surface area contributed by atoms with Crippen LogP contribution >= 0.6 is 0 Å². The Morgan fingerprint density at radius 1 is 0.796 bits per heavy atom. The molecule has 0 radical (unpaired) electrons. The van der Waals surface area contributed by atoms with Crippen LogP contribution < -0.4 is 15.4 Å². The van der Waals surface area contributed by atoms with Gasteiger partial charge in [-0.1, -0.05) is 69.3 Å². The third-order valence-electron chi connectivity index (χ3n) is 8.03. The fraction of sp³-hybridized carbons (Fsp3) is 0.359. The van der Waals surface area contributed by atoms with Crippen LogP contribution in [-0.2, 0) is 26.2 Å². The molecule has 10 heteroatoms. The topological polar surface area (TPSA) is 140 Å². The lowest BCUT2D eigenvalue weighted by atomic mass is 9.86. The van der Waals surface area contributed by atoms with E-state index in [9.17, 15) is 14.4 Å². The van der Waals surface area contributed by atoms with Gasteiger partial charge >= 0.3 is 5.97 Å². The first kappa shape index (κ1) is 36.7. The van der Waals surface area contributed by atoms with E-state index in [1.54, 1.807) is 31.6 Å². The Hall–Kier alpha value is -5.09. The number of nitrogens with zero attached hydrogens (tertiary/aromatic N) is 2. The lowest BCUT2D eigenvalue weighted by Crippen LogP contribution is -2.48. The van der Waals surface area contributed by atoms with Gasteiger partial charge in [-0.2, -0.15) is 0 Å². The Morgan fingerprint density at radius 3 is 2.04 bits per heavy atom. The van der Waals surface area contributed by atoms with E-state index in [1.807, 2.05) is 60.7 Å². The number of rotatable bonds is 17. The molecule has 49 heavy (non-hydrogen) atoms. The summed E-state index contributed by atoms with van der Waals surface area (Å²) in [7, 11) is 1.71. The lowest BCUT2D eigenvalue weighted by Gasteiger charge is -2.20. The average molecular weight is 667 g/mol. The fourth-order valence-electron chi connectivity index (χ4n) is 5.10. The van der Waals surface area contributed by atoms with Crippen LogP contribution in [0.25, 0.3) is 22.5 Å². The third-order valence-corrected chi connectivity index (χ3v) is 8.03. The maximum absolute atomic E-state index is 13.1. The third kappa shape index (κ3) is 11.5. The van der Waals surface area contributed by atoms with E-state index in [4.69, 9.17) is 14.6 Å². The van der Waals surface area contributed by atoms with Crippen LogP contribution in [-0.4, -0.2) is 65.8 Å².